The van der Waals surface area contributed by atoms with E-state index in [1.54, 1.807) is 0 Å². The zero-order chi connectivity index (χ0) is 11.4. The Bertz CT molecular complexity index is 187. The van der Waals surface area contributed by atoms with E-state index in [2.05, 4.69) is 0 Å². The molecule has 1 rings (SSSR count). The molecule has 1 saturated heterocycles. The van der Waals surface area contributed by atoms with Crippen LogP contribution in [0.3, 0.4) is 0 Å². The minimum atomic E-state index is -1.12. The number of methoxy groups -OCH3 is 3. The van der Waals surface area contributed by atoms with Crippen molar-refractivity contribution in [1.82, 2.24) is 0 Å². The summed E-state index contributed by atoms with van der Waals surface area (Å²) in [7, 11) is 4.36. The van der Waals surface area contributed by atoms with Crippen molar-refractivity contribution in [3.63, 3.8) is 0 Å². The molecule has 0 radical (unpaired) electrons. The molecule has 0 aromatic heterocycles. The van der Waals surface area contributed by atoms with E-state index < -0.39 is 30.7 Å². The largest absolute Gasteiger partial charge is 0.387 e. The summed E-state index contributed by atoms with van der Waals surface area (Å²) >= 11 is 0. The normalized spacial score (nSPS) is 41.8. The third-order valence-corrected chi connectivity index (χ3v) is 2.51. The first kappa shape index (κ1) is 12.8. The smallest absolute Gasteiger partial charge is 0.184 e. The third kappa shape index (κ3) is 2.66. The van der Waals surface area contributed by atoms with Gasteiger partial charge < -0.3 is 29.2 Å². The van der Waals surface area contributed by atoms with Gasteiger partial charge in [0.1, 0.15) is 24.4 Å². The minimum Gasteiger partial charge on any atom is -0.387 e. The molecule has 90 valence electrons. The molecule has 0 amide bonds. The molecule has 5 atom stereocenters. The molecule has 0 unspecified atom stereocenters. The molecule has 0 aliphatic carbocycles. The van der Waals surface area contributed by atoms with E-state index in [-0.39, 0.29) is 6.61 Å². The first-order valence-electron chi connectivity index (χ1n) is 4.71. The number of hydrogen-bond acceptors (Lipinski definition) is 6. The van der Waals surface area contributed by atoms with Gasteiger partial charge in [-0.1, -0.05) is 0 Å². The number of aliphatic hydroxyl groups is 2. The zero-order valence-electron chi connectivity index (χ0n) is 9.12. The Hall–Kier alpha value is -0.240. The maximum Gasteiger partial charge on any atom is 0.184 e. The standard InChI is InChI=1S/C9H18O6/c1-12-4-5-6(10)7(13-2)8(14-3)9(11)15-5/h5-11H,4H2,1-3H3/t5-,6+,7+,8-,9+/m1/s1. The monoisotopic (exact) mass is 222 g/mol. The molecule has 0 saturated carbocycles. The highest BCUT2D eigenvalue weighted by Crippen LogP contribution is 2.23. The van der Waals surface area contributed by atoms with Crippen molar-refractivity contribution in [1.29, 1.82) is 0 Å². The van der Waals surface area contributed by atoms with Gasteiger partial charge in [0, 0.05) is 21.3 Å². The summed E-state index contributed by atoms with van der Waals surface area (Å²) < 4.78 is 20.1. The lowest BCUT2D eigenvalue weighted by molar-refractivity contribution is -0.296. The molecule has 6 nitrogen and oxygen atoms in total. The number of ether oxygens (including phenoxy) is 4. The Morgan fingerprint density at radius 2 is 1.67 bits per heavy atom. The van der Waals surface area contributed by atoms with E-state index in [9.17, 15) is 10.2 Å². The molecule has 15 heavy (non-hydrogen) atoms. The highest BCUT2D eigenvalue weighted by Gasteiger charge is 2.45. The second-order valence-electron chi connectivity index (χ2n) is 3.41. The number of rotatable bonds is 4. The SMILES string of the molecule is COC[C@H]1O[C@H](O)[C@H](OC)[C@@H](OC)[C@H]1O. The van der Waals surface area contributed by atoms with Crippen molar-refractivity contribution in [2.24, 2.45) is 0 Å². The van der Waals surface area contributed by atoms with Crippen LogP contribution < -0.4 is 0 Å². The third-order valence-electron chi connectivity index (χ3n) is 2.51. The fraction of sp³-hybridized carbons (Fsp3) is 1.00. The van der Waals surface area contributed by atoms with Gasteiger partial charge >= 0.3 is 0 Å². The van der Waals surface area contributed by atoms with Crippen LogP contribution in [0.4, 0.5) is 0 Å². The van der Waals surface area contributed by atoms with Crippen LogP contribution in [0.2, 0.25) is 0 Å². The average molecular weight is 222 g/mol. The topological polar surface area (TPSA) is 77.4 Å². The fourth-order valence-electron chi connectivity index (χ4n) is 1.73. The average Bonchev–Trinajstić information content (AvgIpc) is 2.22. The molecule has 0 spiro atoms. The Kier molecular flexibility index (Phi) is 4.91. The van der Waals surface area contributed by atoms with Gasteiger partial charge in [-0.15, -0.1) is 0 Å². The second kappa shape index (κ2) is 5.74. The highest BCUT2D eigenvalue weighted by atomic mass is 16.7. The van der Waals surface area contributed by atoms with Gasteiger partial charge in [0.05, 0.1) is 6.61 Å². The van der Waals surface area contributed by atoms with E-state index in [4.69, 9.17) is 18.9 Å². The molecular weight excluding hydrogens is 204 g/mol. The second-order valence-corrected chi connectivity index (χ2v) is 3.41. The van der Waals surface area contributed by atoms with Crippen LogP contribution in [0, 0.1) is 0 Å². The summed E-state index contributed by atoms with van der Waals surface area (Å²) in [6.45, 7) is 0.189. The van der Waals surface area contributed by atoms with Gasteiger partial charge in [0.2, 0.25) is 0 Å². The van der Waals surface area contributed by atoms with Gasteiger partial charge in [-0.3, -0.25) is 0 Å². The van der Waals surface area contributed by atoms with Crippen molar-refractivity contribution in [3.8, 4) is 0 Å². The minimum absolute atomic E-state index is 0.189. The molecule has 2 N–H and O–H groups in total. The number of hydrogen-bond donors (Lipinski definition) is 2. The Labute approximate surface area is 88.7 Å². The summed E-state index contributed by atoms with van der Waals surface area (Å²) in [5.41, 5.74) is 0. The Morgan fingerprint density at radius 3 is 2.13 bits per heavy atom. The van der Waals surface area contributed by atoms with Crippen molar-refractivity contribution in [3.05, 3.63) is 0 Å². The maximum atomic E-state index is 9.86. The molecule has 1 heterocycles. The first-order chi connectivity index (χ1) is 7.15. The van der Waals surface area contributed by atoms with Crippen LogP contribution in [0.1, 0.15) is 0 Å². The Morgan fingerprint density at radius 1 is 1.07 bits per heavy atom. The van der Waals surface area contributed by atoms with Crippen molar-refractivity contribution in [2.45, 2.75) is 30.7 Å². The number of aliphatic hydroxyl groups excluding tert-OH is 2. The van der Waals surface area contributed by atoms with E-state index in [1.165, 1.54) is 21.3 Å². The highest BCUT2D eigenvalue weighted by molar-refractivity contribution is 4.90. The summed E-state index contributed by atoms with van der Waals surface area (Å²) in [5.74, 6) is 0. The van der Waals surface area contributed by atoms with E-state index in [0.29, 0.717) is 0 Å². The van der Waals surface area contributed by atoms with E-state index in [0.717, 1.165) is 0 Å². The Balaban J connectivity index is 2.70. The predicted molar refractivity (Wildman–Crippen MR) is 50.4 cm³/mol. The summed E-state index contributed by atoms with van der Waals surface area (Å²) in [5, 5.41) is 19.4. The van der Waals surface area contributed by atoms with Gasteiger partial charge in [-0.05, 0) is 0 Å². The van der Waals surface area contributed by atoms with Crippen LogP contribution in [-0.4, -0.2) is 68.9 Å². The lowest BCUT2D eigenvalue weighted by Crippen LogP contribution is -2.59. The molecule has 6 heteroatoms. The molecular formula is C9H18O6. The van der Waals surface area contributed by atoms with Crippen LogP contribution in [-0.2, 0) is 18.9 Å². The van der Waals surface area contributed by atoms with E-state index >= 15 is 0 Å². The van der Waals surface area contributed by atoms with Crippen LogP contribution in [0.25, 0.3) is 0 Å². The molecule has 1 fully saturated rings. The van der Waals surface area contributed by atoms with Crippen LogP contribution >= 0.6 is 0 Å². The van der Waals surface area contributed by atoms with Gasteiger partial charge in [-0.25, -0.2) is 0 Å². The van der Waals surface area contributed by atoms with Crippen LogP contribution in [0.15, 0.2) is 0 Å². The maximum absolute atomic E-state index is 9.86. The van der Waals surface area contributed by atoms with Crippen molar-refractivity contribution < 1.29 is 29.2 Å². The molecule has 0 aromatic carbocycles. The predicted octanol–water partition coefficient (Wildman–Crippen LogP) is -1.26. The fourth-order valence-corrected chi connectivity index (χ4v) is 1.73. The quantitative estimate of drug-likeness (QED) is 0.618. The summed E-state index contributed by atoms with van der Waals surface area (Å²) in [6.07, 6.45) is -3.94. The van der Waals surface area contributed by atoms with Crippen molar-refractivity contribution >= 4 is 0 Å². The molecule has 1 aliphatic heterocycles. The van der Waals surface area contributed by atoms with Crippen LogP contribution in [0.5, 0.6) is 0 Å². The van der Waals surface area contributed by atoms with Crippen molar-refractivity contribution in [2.75, 3.05) is 27.9 Å². The van der Waals surface area contributed by atoms with Gasteiger partial charge in [0.15, 0.2) is 6.29 Å². The van der Waals surface area contributed by atoms with Gasteiger partial charge in [0.25, 0.3) is 0 Å². The lowest BCUT2D eigenvalue weighted by Gasteiger charge is -2.41. The molecule has 0 bridgehead atoms. The van der Waals surface area contributed by atoms with Gasteiger partial charge in [-0.2, -0.15) is 0 Å². The summed E-state index contributed by atoms with van der Waals surface area (Å²) in [6, 6.07) is 0. The zero-order valence-corrected chi connectivity index (χ0v) is 9.12. The summed E-state index contributed by atoms with van der Waals surface area (Å²) in [4.78, 5) is 0. The molecule has 1 aliphatic rings. The van der Waals surface area contributed by atoms with E-state index in [1.807, 2.05) is 0 Å². The lowest BCUT2D eigenvalue weighted by atomic mass is 9.99. The molecule has 0 aromatic rings. The first-order valence-corrected chi connectivity index (χ1v) is 4.71.